The summed E-state index contributed by atoms with van der Waals surface area (Å²) in [7, 11) is 0. The molecule has 14 heteroatoms. The molecule has 3 aromatic rings. The summed E-state index contributed by atoms with van der Waals surface area (Å²) in [5.74, 6) is 2.36. The summed E-state index contributed by atoms with van der Waals surface area (Å²) in [6, 6.07) is 3.34. The predicted octanol–water partition coefficient (Wildman–Crippen LogP) is 2.56. The number of aliphatic hydroxyl groups excluding tert-OH is 1. The van der Waals surface area contributed by atoms with Gasteiger partial charge in [0, 0.05) is 48.4 Å². The summed E-state index contributed by atoms with van der Waals surface area (Å²) in [5, 5.41) is 17.3. The van der Waals surface area contributed by atoms with Crippen LogP contribution in [0.25, 0.3) is 0 Å². The largest absolute Gasteiger partial charge is 0.394 e. The number of nitrogens with zero attached hydrogens (tertiary/aromatic N) is 6. The molecule has 0 aliphatic carbocycles. The molecule has 5 N–H and O–H groups in total. The van der Waals surface area contributed by atoms with Gasteiger partial charge in [0.05, 0.1) is 49.4 Å². The van der Waals surface area contributed by atoms with Crippen LogP contribution in [-0.4, -0.2) is 87.7 Å². The van der Waals surface area contributed by atoms with Crippen molar-refractivity contribution < 1.29 is 14.6 Å². The van der Waals surface area contributed by atoms with Crippen LogP contribution in [0.3, 0.4) is 0 Å². The molecule has 0 saturated carbocycles. The van der Waals surface area contributed by atoms with Gasteiger partial charge < -0.3 is 35.8 Å². The fourth-order valence-corrected chi connectivity index (χ4v) is 6.69. The smallest absolute Gasteiger partial charge is 0.151 e. The molecule has 3 aliphatic heterocycles. The zero-order valence-electron chi connectivity index (χ0n) is 22.7. The van der Waals surface area contributed by atoms with Crippen molar-refractivity contribution in [3.05, 3.63) is 47.8 Å². The van der Waals surface area contributed by atoms with Crippen molar-refractivity contribution in [1.82, 2.24) is 30.2 Å². The molecule has 4 atom stereocenters. The van der Waals surface area contributed by atoms with Crippen LogP contribution in [0.5, 0.6) is 0 Å². The van der Waals surface area contributed by atoms with E-state index >= 15 is 0 Å². The van der Waals surface area contributed by atoms with Crippen molar-refractivity contribution in [2.75, 3.05) is 49.7 Å². The minimum atomic E-state index is -0.413. The highest BCUT2D eigenvalue weighted by molar-refractivity contribution is 7.99. The number of anilines is 3. The molecule has 3 fully saturated rings. The first-order valence-electron chi connectivity index (χ1n) is 13.8. The standard InChI is InChI=1S/C27H34ClN9O3S/c1-16-24(29)27(15-40-16)4-9-37(10-5-27)20-12-34-21(13-33-20)41-18-2-6-31-25(22(18)28)35-19-3-7-32-26(36-19)23-17(14-38)39-11-8-30-23/h2-3,6-7,12-13,16-17,23-24,30,38H,4-5,8-11,14-15,29H2,1H3,(H,31,32,35,36)/t16-,17-,23-,24+/m0/s1. The number of hydrogen-bond acceptors (Lipinski definition) is 13. The van der Waals surface area contributed by atoms with Gasteiger partial charge in [-0.05, 0) is 31.9 Å². The Morgan fingerprint density at radius 1 is 1.17 bits per heavy atom. The minimum absolute atomic E-state index is 0.0688. The van der Waals surface area contributed by atoms with Crippen molar-refractivity contribution in [3.8, 4) is 0 Å². The highest BCUT2D eigenvalue weighted by Gasteiger charge is 2.47. The van der Waals surface area contributed by atoms with Crippen LogP contribution < -0.4 is 21.3 Å². The number of nitrogens with two attached hydrogens (primary N) is 1. The second-order valence-electron chi connectivity index (χ2n) is 10.6. The van der Waals surface area contributed by atoms with Crippen LogP contribution in [0.1, 0.15) is 31.6 Å². The predicted molar refractivity (Wildman–Crippen MR) is 156 cm³/mol. The Labute approximate surface area is 247 Å². The van der Waals surface area contributed by atoms with Gasteiger partial charge in [0.25, 0.3) is 0 Å². The molecule has 0 unspecified atom stereocenters. The molecule has 0 aromatic carbocycles. The topological polar surface area (TPSA) is 156 Å². The summed E-state index contributed by atoms with van der Waals surface area (Å²) in [6.07, 6.45) is 8.59. The normalized spacial score (nSPS) is 25.9. The van der Waals surface area contributed by atoms with E-state index in [0.29, 0.717) is 35.6 Å². The summed E-state index contributed by atoms with van der Waals surface area (Å²) < 4.78 is 11.5. The van der Waals surface area contributed by atoms with Crippen LogP contribution in [0.2, 0.25) is 5.02 Å². The van der Waals surface area contributed by atoms with Crippen LogP contribution in [0.15, 0.2) is 46.8 Å². The van der Waals surface area contributed by atoms with Crippen molar-refractivity contribution in [2.24, 2.45) is 11.1 Å². The number of hydrogen-bond donors (Lipinski definition) is 4. The molecule has 3 saturated heterocycles. The van der Waals surface area contributed by atoms with Gasteiger partial charge in [-0.3, -0.25) is 0 Å². The molecular formula is C27H34ClN9O3S. The third kappa shape index (κ3) is 5.98. The van der Waals surface area contributed by atoms with E-state index in [4.69, 9.17) is 26.8 Å². The molecule has 0 bridgehead atoms. The lowest BCUT2D eigenvalue weighted by Crippen LogP contribution is -2.50. The second-order valence-corrected chi connectivity index (χ2v) is 12.1. The SMILES string of the molecule is C[C@@H]1OCC2(CCN(c3cnc(Sc4ccnc(Nc5ccnc([C@H]6NCCO[C@H]6CO)n5)c4Cl)cn3)CC2)[C@@H]1N. The highest BCUT2D eigenvalue weighted by atomic mass is 35.5. The van der Waals surface area contributed by atoms with Gasteiger partial charge in [-0.15, -0.1) is 0 Å². The Kier molecular flexibility index (Phi) is 8.54. The summed E-state index contributed by atoms with van der Waals surface area (Å²) in [5.41, 5.74) is 6.53. The van der Waals surface area contributed by atoms with Crippen molar-refractivity contribution >= 4 is 40.8 Å². The molecule has 6 heterocycles. The first-order valence-corrected chi connectivity index (χ1v) is 15.0. The minimum Gasteiger partial charge on any atom is -0.394 e. The number of halogens is 1. The first kappa shape index (κ1) is 28.5. The van der Waals surface area contributed by atoms with Crippen molar-refractivity contribution in [3.63, 3.8) is 0 Å². The highest BCUT2D eigenvalue weighted by Crippen LogP contribution is 2.42. The van der Waals surface area contributed by atoms with Crippen molar-refractivity contribution in [1.29, 1.82) is 0 Å². The molecule has 3 aliphatic rings. The summed E-state index contributed by atoms with van der Waals surface area (Å²) in [6.45, 7) is 5.62. The molecule has 0 amide bonds. The number of ether oxygens (including phenoxy) is 2. The Hall–Kier alpha value is -2.65. The van der Waals surface area contributed by atoms with E-state index in [-0.39, 0.29) is 30.2 Å². The molecule has 0 radical (unpaired) electrons. The summed E-state index contributed by atoms with van der Waals surface area (Å²) in [4.78, 5) is 25.8. The molecule has 12 nitrogen and oxygen atoms in total. The number of aliphatic hydroxyl groups is 1. The number of nitrogens with one attached hydrogen (secondary N) is 2. The third-order valence-electron chi connectivity index (χ3n) is 8.16. The Balaban J connectivity index is 1.10. The lowest BCUT2D eigenvalue weighted by molar-refractivity contribution is -0.0377. The van der Waals surface area contributed by atoms with Gasteiger partial charge in [-0.2, -0.15) is 0 Å². The van der Waals surface area contributed by atoms with E-state index in [1.54, 1.807) is 24.7 Å². The maximum Gasteiger partial charge on any atom is 0.151 e. The average Bonchev–Trinajstić information content (AvgIpc) is 3.28. The van der Waals surface area contributed by atoms with E-state index in [2.05, 4.69) is 47.4 Å². The molecule has 1 spiro atoms. The average molecular weight is 600 g/mol. The fraction of sp³-hybridized carbons (Fsp3) is 0.519. The number of rotatable bonds is 7. The molecular weight excluding hydrogens is 566 g/mol. The van der Waals surface area contributed by atoms with Gasteiger partial charge in [0.1, 0.15) is 28.6 Å². The molecule has 218 valence electrons. The van der Waals surface area contributed by atoms with E-state index in [1.807, 2.05) is 12.3 Å². The van der Waals surface area contributed by atoms with Gasteiger partial charge in [0.2, 0.25) is 0 Å². The zero-order chi connectivity index (χ0) is 28.4. The second kappa shape index (κ2) is 12.3. The number of morpholine rings is 1. The molecule has 3 aromatic heterocycles. The lowest BCUT2D eigenvalue weighted by atomic mass is 9.73. The Morgan fingerprint density at radius 2 is 2.00 bits per heavy atom. The van der Waals surface area contributed by atoms with Gasteiger partial charge in [0.15, 0.2) is 5.82 Å². The van der Waals surface area contributed by atoms with E-state index < -0.39 is 6.10 Å². The molecule has 6 rings (SSSR count). The van der Waals surface area contributed by atoms with Crippen LogP contribution in [-0.2, 0) is 9.47 Å². The molecule has 41 heavy (non-hydrogen) atoms. The maximum absolute atomic E-state index is 9.67. The fourth-order valence-electron chi connectivity index (χ4n) is 5.67. The third-order valence-corrected chi connectivity index (χ3v) is 9.64. The van der Waals surface area contributed by atoms with E-state index in [1.165, 1.54) is 11.8 Å². The van der Waals surface area contributed by atoms with Gasteiger partial charge in [-0.1, -0.05) is 23.4 Å². The van der Waals surface area contributed by atoms with Crippen LogP contribution >= 0.6 is 23.4 Å². The van der Waals surface area contributed by atoms with Gasteiger partial charge in [-0.25, -0.2) is 24.9 Å². The first-order chi connectivity index (χ1) is 20.0. The van der Waals surface area contributed by atoms with Crippen LogP contribution in [0.4, 0.5) is 17.5 Å². The Morgan fingerprint density at radius 3 is 2.73 bits per heavy atom. The quantitative estimate of drug-likeness (QED) is 0.314. The number of piperidine rings is 1. The lowest BCUT2D eigenvalue weighted by Gasteiger charge is -2.41. The monoisotopic (exact) mass is 599 g/mol. The maximum atomic E-state index is 9.67. The Bertz CT molecular complexity index is 1350. The number of aromatic nitrogens is 5. The van der Waals surface area contributed by atoms with Gasteiger partial charge >= 0.3 is 0 Å². The van der Waals surface area contributed by atoms with E-state index in [0.717, 1.165) is 48.3 Å². The van der Waals surface area contributed by atoms with Crippen molar-refractivity contribution in [2.45, 2.75) is 54.0 Å². The zero-order valence-corrected chi connectivity index (χ0v) is 24.3. The summed E-state index contributed by atoms with van der Waals surface area (Å²) >= 11 is 8.16. The van der Waals surface area contributed by atoms with Crippen LogP contribution in [0, 0.1) is 5.41 Å². The number of pyridine rings is 1. The van der Waals surface area contributed by atoms with E-state index in [9.17, 15) is 5.11 Å².